The Morgan fingerprint density at radius 2 is 1.90 bits per heavy atom. The van der Waals surface area contributed by atoms with E-state index >= 15 is 0 Å². The Morgan fingerprint density at radius 3 is 2.45 bits per heavy atom. The molecule has 3 heteroatoms. The molecule has 0 heterocycles. The van der Waals surface area contributed by atoms with Crippen LogP contribution < -0.4 is 0 Å². The molecule has 1 saturated carbocycles. The van der Waals surface area contributed by atoms with Crippen molar-refractivity contribution in [3.63, 3.8) is 0 Å². The van der Waals surface area contributed by atoms with Crippen LogP contribution in [0.25, 0.3) is 0 Å². The molecule has 110 valence electrons. The monoisotopic (exact) mass is 276 g/mol. The van der Waals surface area contributed by atoms with Crippen LogP contribution in [0.1, 0.15) is 51.0 Å². The summed E-state index contributed by atoms with van der Waals surface area (Å²) < 4.78 is 0. The minimum Gasteiger partial charge on any atom is -0.481 e. The lowest BCUT2D eigenvalue weighted by Crippen LogP contribution is -2.51. The highest BCUT2D eigenvalue weighted by Crippen LogP contribution is 2.47. The van der Waals surface area contributed by atoms with Crippen molar-refractivity contribution in [2.45, 2.75) is 51.0 Å². The van der Waals surface area contributed by atoms with Crippen LogP contribution in [-0.4, -0.2) is 21.8 Å². The summed E-state index contributed by atoms with van der Waals surface area (Å²) in [6.07, 6.45) is 3.38. The van der Waals surface area contributed by atoms with E-state index < -0.39 is 17.5 Å². The molecule has 3 atom stereocenters. The maximum atomic E-state index is 11.7. The van der Waals surface area contributed by atoms with Crippen molar-refractivity contribution < 1.29 is 15.0 Å². The molecule has 0 saturated heterocycles. The second-order valence-corrected chi connectivity index (χ2v) is 6.26. The highest BCUT2D eigenvalue weighted by Gasteiger charge is 2.50. The highest BCUT2D eigenvalue weighted by atomic mass is 16.4. The number of hydrogen-bond acceptors (Lipinski definition) is 2. The van der Waals surface area contributed by atoms with Crippen molar-refractivity contribution >= 4 is 5.97 Å². The third kappa shape index (κ3) is 2.73. The average Bonchev–Trinajstić information content (AvgIpc) is 2.39. The number of aliphatic carboxylic acids is 1. The molecule has 0 amide bonds. The van der Waals surface area contributed by atoms with Gasteiger partial charge in [0.1, 0.15) is 0 Å². The fraction of sp³-hybridized carbons (Fsp3) is 0.588. The third-order valence-electron chi connectivity index (χ3n) is 4.60. The molecule has 1 aromatic rings. The van der Waals surface area contributed by atoms with Gasteiger partial charge in [0, 0.05) is 5.92 Å². The first-order valence-electron chi connectivity index (χ1n) is 7.47. The van der Waals surface area contributed by atoms with Crippen LogP contribution in [0.15, 0.2) is 30.3 Å². The quantitative estimate of drug-likeness (QED) is 0.885. The summed E-state index contributed by atoms with van der Waals surface area (Å²) in [5, 5.41) is 20.8. The lowest BCUT2D eigenvalue weighted by Gasteiger charge is -2.45. The molecule has 0 spiro atoms. The standard InChI is InChI=1S/C17H24O3/c1-12(2)15(16(18)19)17(20)11-7-6-10-14(17)13-8-4-3-5-9-13/h3-5,8-9,12,14-15,20H,6-7,10-11H2,1-2H3,(H,18,19). The summed E-state index contributed by atoms with van der Waals surface area (Å²) >= 11 is 0. The van der Waals surface area contributed by atoms with Crippen LogP contribution in [-0.2, 0) is 4.79 Å². The van der Waals surface area contributed by atoms with Crippen LogP contribution in [0.2, 0.25) is 0 Å². The lowest BCUT2D eigenvalue weighted by molar-refractivity contribution is -0.161. The Morgan fingerprint density at radius 1 is 1.25 bits per heavy atom. The van der Waals surface area contributed by atoms with Gasteiger partial charge in [-0.25, -0.2) is 0 Å². The normalized spacial score (nSPS) is 28.3. The summed E-state index contributed by atoms with van der Waals surface area (Å²) in [6, 6.07) is 9.86. The molecule has 0 radical (unpaired) electrons. The van der Waals surface area contributed by atoms with E-state index in [-0.39, 0.29) is 11.8 Å². The van der Waals surface area contributed by atoms with Gasteiger partial charge in [0.2, 0.25) is 0 Å². The summed E-state index contributed by atoms with van der Waals surface area (Å²) in [4.78, 5) is 11.7. The highest BCUT2D eigenvalue weighted by molar-refractivity contribution is 5.72. The van der Waals surface area contributed by atoms with Crippen molar-refractivity contribution in [2.24, 2.45) is 11.8 Å². The average molecular weight is 276 g/mol. The number of aliphatic hydroxyl groups is 1. The first-order valence-corrected chi connectivity index (χ1v) is 7.47. The molecular weight excluding hydrogens is 252 g/mol. The Hall–Kier alpha value is -1.35. The van der Waals surface area contributed by atoms with E-state index in [4.69, 9.17) is 0 Å². The minimum absolute atomic E-state index is 0.0817. The first-order chi connectivity index (χ1) is 9.47. The number of rotatable bonds is 4. The largest absolute Gasteiger partial charge is 0.481 e. The van der Waals surface area contributed by atoms with E-state index in [9.17, 15) is 15.0 Å². The van der Waals surface area contributed by atoms with Crippen molar-refractivity contribution in [1.29, 1.82) is 0 Å². The SMILES string of the molecule is CC(C)C(C(=O)O)C1(O)CCCCC1c1ccccc1. The Labute approximate surface area is 120 Å². The van der Waals surface area contributed by atoms with Crippen LogP contribution >= 0.6 is 0 Å². The molecule has 1 fully saturated rings. The van der Waals surface area contributed by atoms with Crippen molar-refractivity contribution in [2.75, 3.05) is 0 Å². The molecule has 20 heavy (non-hydrogen) atoms. The van der Waals surface area contributed by atoms with Crippen LogP contribution in [0.4, 0.5) is 0 Å². The van der Waals surface area contributed by atoms with E-state index in [0.29, 0.717) is 6.42 Å². The third-order valence-corrected chi connectivity index (χ3v) is 4.60. The zero-order valence-electron chi connectivity index (χ0n) is 12.2. The van der Waals surface area contributed by atoms with Gasteiger partial charge in [-0.15, -0.1) is 0 Å². The van der Waals surface area contributed by atoms with Gasteiger partial charge in [-0.3, -0.25) is 4.79 Å². The Balaban J connectivity index is 2.41. The molecule has 2 N–H and O–H groups in total. The summed E-state index contributed by atoms with van der Waals surface area (Å²) in [5.41, 5.74) is -0.0822. The topological polar surface area (TPSA) is 57.5 Å². The first kappa shape index (κ1) is 15.0. The van der Waals surface area contributed by atoms with E-state index in [2.05, 4.69) is 0 Å². The van der Waals surface area contributed by atoms with Gasteiger partial charge >= 0.3 is 5.97 Å². The number of carbonyl (C=O) groups is 1. The van der Waals surface area contributed by atoms with Gasteiger partial charge in [0.05, 0.1) is 11.5 Å². The van der Waals surface area contributed by atoms with Crippen molar-refractivity contribution in [3.8, 4) is 0 Å². The number of hydrogen-bond donors (Lipinski definition) is 2. The molecule has 3 unspecified atom stereocenters. The predicted molar refractivity (Wildman–Crippen MR) is 78.6 cm³/mol. The van der Waals surface area contributed by atoms with Crippen LogP contribution in [0, 0.1) is 11.8 Å². The lowest BCUT2D eigenvalue weighted by atomic mass is 9.63. The fourth-order valence-corrected chi connectivity index (χ4v) is 3.77. The molecule has 1 aromatic carbocycles. The molecule has 1 aliphatic rings. The second kappa shape index (κ2) is 5.96. The zero-order chi connectivity index (χ0) is 14.8. The van der Waals surface area contributed by atoms with E-state index in [1.54, 1.807) is 0 Å². The molecule has 0 aromatic heterocycles. The maximum Gasteiger partial charge on any atom is 0.309 e. The number of carboxylic acids is 1. The van der Waals surface area contributed by atoms with Gasteiger partial charge in [0.15, 0.2) is 0 Å². The molecule has 0 bridgehead atoms. The van der Waals surface area contributed by atoms with Gasteiger partial charge in [-0.2, -0.15) is 0 Å². The predicted octanol–water partition coefficient (Wildman–Crippen LogP) is 3.43. The van der Waals surface area contributed by atoms with Crippen LogP contribution in [0.3, 0.4) is 0 Å². The van der Waals surface area contributed by atoms with Crippen LogP contribution in [0.5, 0.6) is 0 Å². The summed E-state index contributed by atoms with van der Waals surface area (Å²) in [5.74, 6) is -1.76. The van der Waals surface area contributed by atoms with Crippen molar-refractivity contribution in [1.82, 2.24) is 0 Å². The second-order valence-electron chi connectivity index (χ2n) is 6.26. The molecule has 0 aliphatic heterocycles. The fourth-order valence-electron chi connectivity index (χ4n) is 3.77. The minimum atomic E-state index is -1.14. The molecule has 1 aliphatic carbocycles. The van der Waals surface area contributed by atoms with Gasteiger partial charge in [-0.05, 0) is 24.3 Å². The zero-order valence-corrected chi connectivity index (χ0v) is 12.2. The maximum absolute atomic E-state index is 11.7. The molecule has 2 rings (SSSR count). The van der Waals surface area contributed by atoms with E-state index in [1.807, 2.05) is 44.2 Å². The van der Waals surface area contributed by atoms with E-state index in [0.717, 1.165) is 24.8 Å². The molecule has 3 nitrogen and oxygen atoms in total. The molecular formula is C17H24O3. The van der Waals surface area contributed by atoms with Crippen molar-refractivity contribution in [3.05, 3.63) is 35.9 Å². The summed E-state index contributed by atoms with van der Waals surface area (Å²) in [6.45, 7) is 3.76. The summed E-state index contributed by atoms with van der Waals surface area (Å²) in [7, 11) is 0. The Bertz CT molecular complexity index is 455. The van der Waals surface area contributed by atoms with Gasteiger partial charge in [0.25, 0.3) is 0 Å². The Kier molecular flexibility index (Phi) is 4.48. The number of carboxylic acid groups (broad SMARTS) is 1. The number of benzene rings is 1. The van der Waals surface area contributed by atoms with Gasteiger partial charge in [-0.1, -0.05) is 57.0 Å². The van der Waals surface area contributed by atoms with E-state index in [1.165, 1.54) is 0 Å². The smallest absolute Gasteiger partial charge is 0.309 e. The van der Waals surface area contributed by atoms with Gasteiger partial charge < -0.3 is 10.2 Å².